The van der Waals surface area contributed by atoms with Gasteiger partial charge in [0.15, 0.2) is 11.5 Å². The lowest BCUT2D eigenvalue weighted by atomic mass is 10.1. The number of carbonyl (C=O) groups excluding carboxylic acids is 2. The van der Waals surface area contributed by atoms with E-state index in [-0.39, 0.29) is 6.61 Å². The Hall–Kier alpha value is -3.88. The molecule has 0 bridgehead atoms. The van der Waals surface area contributed by atoms with E-state index in [0.29, 0.717) is 63.9 Å². The summed E-state index contributed by atoms with van der Waals surface area (Å²) in [4.78, 5) is 25.0. The molecule has 3 aromatic carbocycles. The van der Waals surface area contributed by atoms with Crippen molar-refractivity contribution in [3.63, 3.8) is 0 Å². The van der Waals surface area contributed by atoms with Crippen molar-refractivity contribution in [1.82, 2.24) is 4.90 Å². The van der Waals surface area contributed by atoms with Gasteiger partial charge in [-0.1, -0.05) is 66.7 Å². The smallest absolute Gasteiger partial charge is 0.410 e. The van der Waals surface area contributed by atoms with Crippen LogP contribution in [0.3, 0.4) is 0 Å². The molecule has 0 N–H and O–H groups in total. The molecule has 0 heterocycles. The largest absolute Gasteiger partial charge is 0.485 e. The van der Waals surface area contributed by atoms with Crippen LogP contribution in [0.25, 0.3) is 0 Å². The van der Waals surface area contributed by atoms with Gasteiger partial charge in [-0.15, -0.1) is 0 Å². The molecule has 0 aliphatic carbocycles. The van der Waals surface area contributed by atoms with Crippen molar-refractivity contribution in [1.29, 1.82) is 0 Å². The van der Waals surface area contributed by atoms with Crippen LogP contribution in [0.5, 0.6) is 11.5 Å². The van der Waals surface area contributed by atoms with Crippen LogP contribution in [0.2, 0.25) is 0 Å². The molecule has 0 aliphatic heterocycles. The average molecular weight is 550 g/mol. The second kappa shape index (κ2) is 16.3. The maximum atomic E-state index is 13.0. The third kappa shape index (κ3) is 11.5. The van der Waals surface area contributed by atoms with Crippen LogP contribution in [0, 0.1) is 0 Å². The van der Waals surface area contributed by atoms with Crippen LogP contribution in [0.4, 0.5) is 4.79 Å². The van der Waals surface area contributed by atoms with E-state index in [2.05, 4.69) is 0 Å². The molecule has 0 aliphatic rings. The first-order chi connectivity index (χ1) is 19.3. The first kappa shape index (κ1) is 30.7. The predicted octanol–water partition coefficient (Wildman–Crippen LogP) is 5.81. The van der Waals surface area contributed by atoms with Crippen molar-refractivity contribution in [2.45, 2.75) is 46.1 Å². The second-order valence-electron chi connectivity index (χ2n) is 10.1. The van der Waals surface area contributed by atoms with Crippen molar-refractivity contribution < 1.29 is 33.3 Å². The summed E-state index contributed by atoms with van der Waals surface area (Å²) in [6.45, 7) is 7.83. The number of hydrogen-bond acceptors (Lipinski definition) is 7. The second-order valence-corrected chi connectivity index (χ2v) is 10.1. The van der Waals surface area contributed by atoms with Crippen molar-refractivity contribution in [3.8, 4) is 11.5 Å². The Balaban J connectivity index is 1.73. The molecule has 0 spiro atoms. The van der Waals surface area contributed by atoms with Gasteiger partial charge in [-0.25, -0.2) is 4.79 Å². The average Bonchev–Trinajstić information content (AvgIpc) is 2.94. The normalized spacial score (nSPS) is 11.1. The highest BCUT2D eigenvalue weighted by Crippen LogP contribution is 2.31. The fourth-order valence-electron chi connectivity index (χ4n) is 3.66. The number of amides is 1. The molecule has 0 atom stereocenters. The van der Waals surface area contributed by atoms with Crippen molar-refractivity contribution in [2.24, 2.45) is 0 Å². The van der Waals surface area contributed by atoms with E-state index in [1.807, 2.05) is 99.6 Å². The van der Waals surface area contributed by atoms with Gasteiger partial charge in [0.1, 0.15) is 31.7 Å². The Morgan fingerprint density at radius 3 is 1.95 bits per heavy atom. The molecule has 0 unspecified atom stereocenters. The van der Waals surface area contributed by atoms with Gasteiger partial charge < -0.3 is 33.4 Å². The molecule has 0 aromatic heterocycles. The first-order valence-corrected chi connectivity index (χ1v) is 13.4. The van der Waals surface area contributed by atoms with E-state index in [9.17, 15) is 9.59 Å². The maximum Gasteiger partial charge on any atom is 0.410 e. The first-order valence-electron chi connectivity index (χ1n) is 13.4. The third-order valence-electron chi connectivity index (χ3n) is 5.57. The van der Waals surface area contributed by atoms with Gasteiger partial charge in [0, 0.05) is 13.1 Å². The topological polar surface area (TPSA) is 83.5 Å². The summed E-state index contributed by atoms with van der Waals surface area (Å²) in [6, 6.07) is 25.5. The minimum atomic E-state index is -0.641. The minimum Gasteiger partial charge on any atom is -0.485 e. The standard InChI is InChI=1S/C32H39NO7/c1-32(2,3)40-31(35)33(16-18-36-20-21-37-19-17-34)23-28-14-15-29(38-24-26-10-6-4-7-11-26)30(22-28)39-25-27-12-8-5-9-13-27/h4-15,17,22H,16,18-21,23-25H2,1-3H3. The van der Waals surface area contributed by atoms with Crippen LogP contribution in [-0.2, 0) is 38.8 Å². The summed E-state index contributed by atoms with van der Waals surface area (Å²) in [5.41, 5.74) is 2.30. The SMILES string of the molecule is CC(C)(C)OC(=O)N(CCOCCOCC=O)Cc1ccc(OCc2ccccc2)c(OCc2ccccc2)c1. The highest BCUT2D eigenvalue weighted by atomic mass is 16.6. The van der Waals surface area contributed by atoms with Crippen molar-refractivity contribution >= 4 is 12.4 Å². The molecule has 1 amide bonds. The van der Waals surface area contributed by atoms with Gasteiger partial charge in [0.05, 0.1) is 19.8 Å². The van der Waals surface area contributed by atoms with E-state index >= 15 is 0 Å². The van der Waals surface area contributed by atoms with E-state index < -0.39 is 11.7 Å². The number of rotatable bonds is 16. The number of nitrogens with zero attached hydrogens (tertiary/aromatic N) is 1. The van der Waals surface area contributed by atoms with Crippen LogP contribution < -0.4 is 9.47 Å². The van der Waals surface area contributed by atoms with Gasteiger partial charge in [0.25, 0.3) is 0 Å². The maximum absolute atomic E-state index is 13.0. The van der Waals surface area contributed by atoms with Crippen LogP contribution >= 0.6 is 0 Å². The predicted molar refractivity (Wildman–Crippen MR) is 152 cm³/mol. The summed E-state index contributed by atoms with van der Waals surface area (Å²) in [6.07, 6.45) is 0.254. The van der Waals surface area contributed by atoms with Crippen LogP contribution in [0.15, 0.2) is 78.9 Å². The zero-order chi connectivity index (χ0) is 28.6. The number of benzene rings is 3. The molecule has 0 radical (unpaired) electrons. The van der Waals surface area contributed by atoms with Gasteiger partial charge >= 0.3 is 6.09 Å². The van der Waals surface area contributed by atoms with Crippen molar-refractivity contribution in [2.75, 3.05) is 33.0 Å². The summed E-state index contributed by atoms with van der Waals surface area (Å²) in [5.74, 6) is 1.20. The molecule has 40 heavy (non-hydrogen) atoms. The molecule has 0 saturated heterocycles. The summed E-state index contributed by atoms with van der Waals surface area (Å²) < 4.78 is 28.7. The lowest BCUT2D eigenvalue weighted by Crippen LogP contribution is -2.38. The molecule has 8 nitrogen and oxygen atoms in total. The summed E-state index contributed by atoms with van der Waals surface area (Å²) in [5, 5.41) is 0. The molecule has 8 heteroatoms. The lowest BCUT2D eigenvalue weighted by molar-refractivity contribution is -0.112. The lowest BCUT2D eigenvalue weighted by Gasteiger charge is -2.27. The molecule has 3 aromatic rings. The Kier molecular flexibility index (Phi) is 12.5. The monoisotopic (exact) mass is 549 g/mol. The van der Waals surface area contributed by atoms with E-state index in [4.69, 9.17) is 23.7 Å². The van der Waals surface area contributed by atoms with E-state index in [0.717, 1.165) is 16.7 Å². The number of hydrogen-bond donors (Lipinski definition) is 0. The fraction of sp³-hybridized carbons (Fsp3) is 0.375. The van der Waals surface area contributed by atoms with Crippen molar-refractivity contribution in [3.05, 3.63) is 95.6 Å². The van der Waals surface area contributed by atoms with E-state index in [1.165, 1.54) is 0 Å². The summed E-state index contributed by atoms with van der Waals surface area (Å²) >= 11 is 0. The molecule has 0 fully saturated rings. The number of aldehydes is 1. The van der Waals surface area contributed by atoms with Gasteiger partial charge in [0.2, 0.25) is 0 Å². The molecule has 214 valence electrons. The molecular weight excluding hydrogens is 510 g/mol. The Morgan fingerprint density at radius 1 is 0.750 bits per heavy atom. The molecule has 0 saturated carbocycles. The van der Waals surface area contributed by atoms with Gasteiger partial charge in [-0.3, -0.25) is 0 Å². The Bertz CT molecular complexity index is 1160. The quantitative estimate of drug-likeness (QED) is 0.165. The van der Waals surface area contributed by atoms with Gasteiger partial charge in [-0.2, -0.15) is 0 Å². The molecular formula is C32H39NO7. The Labute approximate surface area is 236 Å². The van der Waals surface area contributed by atoms with E-state index in [1.54, 1.807) is 4.90 Å². The molecule has 3 rings (SSSR count). The summed E-state index contributed by atoms with van der Waals surface area (Å²) in [7, 11) is 0. The minimum absolute atomic E-state index is 0.0348. The Morgan fingerprint density at radius 2 is 1.35 bits per heavy atom. The zero-order valence-corrected chi connectivity index (χ0v) is 23.5. The van der Waals surface area contributed by atoms with Crippen LogP contribution in [-0.4, -0.2) is 55.9 Å². The highest BCUT2D eigenvalue weighted by Gasteiger charge is 2.23. The van der Waals surface area contributed by atoms with Gasteiger partial charge in [-0.05, 0) is 49.6 Å². The number of ether oxygens (including phenoxy) is 5. The highest BCUT2D eigenvalue weighted by molar-refractivity contribution is 5.68. The zero-order valence-electron chi connectivity index (χ0n) is 23.5. The number of carbonyl (C=O) groups is 2. The third-order valence-corrected chi connectivity index (χ3v) is 5.57. The fourth-order valence-corrected chi connectivity index (χ4v) is 3.66. The van der Waals surface area contributed by atoms with Crippen LogP contribution in [0.1, 0.15) is 37.5 Å².